The van der Waals surface area contributed by atoms with Crippen molar-refractivity contribution < 1.29 is 0 Å². The summed E-state index contributed by atoms with van der Waals surface area (Å²) in [5.41, 5.74) is 2.70. The molecular weight excluding hydrogens is 236 g/mol. The number of hydrogen-bond acceptors (Lipinski definition) is 0. The van der Waals surface area contributed by atoms with E-state index in [4.69, 9.17) is 0 Å². The molecule has 14 heavy (non-hydrogen) atoms. The smallest absolute Gasteiger partial charge is 0.0180 e. The van der Waals surface area contributed by atoms with Crippen LogP contribution in [0.5, 0.6) is 0 Å². The quantitative estimate of drug-likeness (QED) is 0.717. The average Bonchev–Trinajstić information content (AvgIpc) is 2.12. The van der Waals surface area contributed by atoms with Crippen LogP contribution in [0.15, 0.2) is 22.7 Å². The summed E-state index contributed by atoms with van der Waals surface area (Å²) in [6.45, 7) is 6.61. The standard InChI is InChI=1S/C13H18Br/c1-4-5-6-11(3)12-7-10(2)8-13(14)9-12/h7-9H,4-6H2,1-3H3. The van der Waals surface area contributed by atoms with Gasteiger partial charge in [0.2, 0.25) is 0 Å². The maximum absolute atomic E-state index is 3.54. The number of aryl methyl sites for hydroxylation is 1. The van der Waals surface area contributed by atoms with Gasteiger partial charge < -0.3 is 0 Å². The zero-order valence-corrected chi connectivity index (χ0v) is 10.8. The van der Waals surface area contributed by atoms with Gasteiger partial charge in [0.15, 0.2) is 0 Å². The van der Waals surface area contributed by atoms with Gasteiger partial charge in [-0.15, -0.1) is 0 Å². The van der Waals surface area contributed by atoms with Gasteiger partial charge >= 0.3 is 0 Å². The van der Waals surface area contributed by atoms with Crippen molar-refractivity contribution in [2.75, 3.05) is 0 Å². The van der Waals surface area contributed by atoms with Gasteiger partial charge in [0.25, 0.3) is 0 Å². The zero-order valence-electron chi connectivity index (χ0n) is 9.23. The van der Waals surface area contributed by atoms with E-state index in [2.05, 4.69) is 54.9 Å². The molecule has 0 bridgehead atoms. The van der Waals surface area contributed by atoms with Crippen molar-refractivity contribution in [1.29, 1.82) is 0 Å². The summed E-state index contributed by atoms with van der Waals surface area (Å²) >= 11 is 3.54. The molecule has 1 radical (unpaired) electrons. The average molecular weight is 254 g/mol. The number of rotatable bonds is 4. The van der Waals surface area contributed by atoms with E-state index >= 15 is 0 Å². The van der Waals surface area contributed by atoms with Gasteiger partial charge in [-0.25, -0.2) is 0 Å². The summed E-state index contributed by atoms with van der Waals surface area (Å²) in [6, 6.07) is 6.62. The minimum Gasteiger partial charge on any atom is -0.0654 e. The Labute approximate surface area is 95.9 Å². The highest BCUT2D eigenvalue weighted by molar-refractivity contribution is 9.10. The van der Waals surface area contributed by atoms with Gasteiger partial charge in [-0.1, -0.05) is 48.7 Å². The van der Waals surface area contributed by atoms with Crippen molar-refractivity contribution in [1.82, 2.24) is 0 Å². The van der Waals surface area contributed by atoms with Crippen LogP contribution < -0.4 is 0 Å². The van der Waals surface area contributed by atoms with Crippen LogP contribution in [-0.2, 0) is 0 Å². The number of benzene rings is 1. The van der Waals surface area contributed by atoms with Crippen molar-refractivity contribution in [3.63, 3.8) is 0 Å². The predicted octanol–water partition coefficient (Wildman–Crippen LogP) is 4.89. The van der Waals surface area contributed by atoms with E-state index in [1.54, 1.807) is 0 Å². The van der Waals surface area contributed by atoms with Crippen LogP contribution in [0.3, 0.4) is 0 Å². The number of hydrogen-bond donors (Lipinski definition) is 0. The second-order valence-corrected chi connectivity index (χ2v) is 4.82. The SMILES string of the molecule is CCCC[C](C)c1cc(C)cc(Br)c1. The highest BCUT2D eigenvalue weighted by atomic mass is 79.9. The monoisotopic (exact) mass is 253 g/mol. The fourth-order valence-electron chi connectivity index (χ4n) is 1.57. The summed E-state index contributed by atoms with van der Waals surface area (Å²) in [7, 11) is 0. The van der Waals surface area contributed by atoms with E-state index < -0.39 is 0 Å². The maximum atomic E-state index is 3.54. The fourth-order valence-corrected chi connectivity index (χ4v) is 2.18. The highest BCUT2D eigenvalue weighted by Crippen LogP contribution is 2.24. The molecule has 0 saturated heterocycles. The van der Waals surface area contributed by atoms with E-state index in [0.29, 0.717) is 0 Å². The minimum atomic E-state index is 1.18. The first-order chi connectivity index (χ1) is 6.63. The van der Waals surface area contributed by atoms with E-state index in [0.717, 1.165) is 0 Å². The van der Waals surface area contributed by atoms with Crippen LogP contribution in [-0.4, -0.2) is 0 Å². The number of halogens is 1. The van der Waals surface area contributed by atoms with Crippen molar-refractivity contribution in [2.24, 2.45) is 0 Å². The molecule has 1 rings (SSSR count). The number of unbranched alkanes of at least 4 members (excludes halogenated alkanes) is 1. The summed E-state index contributed by atoms with van der Waals surface area (Å²) in [5, 5.41) is 0. The molecule has 0 unspecified atom stereocenters. The van der Waals surface area contributed by atoms with Crippen LogP contribution in [0.1, 0.15) is 44.2 Å². The Hall–Kier alpha value is -0.300. The van der Waals surface area contributed by atoms with Crippen LogP contribution in [0.25, 0.3) is 0 Å². The Morgan fingerprint density at radius 1 is 1.29 bits per heavy atom. The second kappa shape index (κ2) is 5.55. The summed E-state index contributed by atoms with van der Waals surface area (Å²) in [5.74, 6) is 1.50. The van der Waals surface area contributed by atoms with Crippen molar-refractivity contribution in [2.45, 2.75) is 40.0 Å². The lowest BCUT2D eigenvalue weighted by molar-refractivity contribution is 0.742. The molecule has 1 aromatic carbocycles. The molecule has 0 nitrogen and oxygen atoms in total. The Kier molecular flexibility index (Phi) is 4.67. The third kappa shape index (κ3) is 3.45. The Morgan fingerprint density at radius 3 is 2.57 bits per heavy atom. The molecule has 0 aliphatic carbocycles. The second-order valence-electron chi connectivity index (χ2n) is 3.90. The van der Waals surface area contributed by atoms with Crippen molar-refractivity contribution in [3.8, 4) is 0 Å². The molecule has 0 amide bonds. The molecule has 0 N–H and O–H groups in total. The topological polar surface area (TPSA) is 0 Å². The van der Waals surface area contributed by atoms with Gasteiger partial charge in [0.1, 0.15) is 0 Å². The molecule has 0 spiro atoms. The van der Waals surface area contributed by atoms with Crippen LogP contribution in [0, 0.1) is 12.8 Å². The van der Waals surface area contributed by atoms with Crippen LogP contribution >= 0.6 is 15.9 Å². The first-order valence-corrected chi connectivity index (χ1v) is 6.02. The third-order valence-electron chi connectivity index (χ3n) is 2.44. The van der Waals surface area contributed by atoms with Crippen molar-refractivity contribution >= 4 is 15.9 Å². The third-order valence-corrected chi connectivity index (χ3v) is 2.90. The highest BCUT2D eigenvalue weighted by Gasteiger charge is 2.06. The summed E-state index contributed by atoms with van der Waals surface area (Å²) < 4.78 is 1.18. The van der Waals surface area contributed by atoms with E-state index in [-0.39, 0.29) is 0 Å². The minimum absolute atomic E-state index is 1.18. The summed E-state index contributed by atoms with van der Waals surface area (Å²) in [6.07, 6.45) is 3.77. The van der Waals surface area contributed by atoms with Crippen molar-refractivity contribution in [3.05, 3.63) is 39.7 Å². The van der Waals surface area contributed by atoms with Gasteiger partial charge in [-0.3, -0.25) is 0 Å². The first kappa shape index (κ1) is 11.8. The lowest BCUT2D eigenvalue weighted by Crippen LogP contribution is -1.95. The lowest BCUT2D eigenvalue weighted by Gasteiger charge is -2.11. The lowest BCUT2D eigenvalue weighted by atomic mass is 9.94. The molecule has 0 heterocycles. The zero-order chi connectivity index (χ0) is 10.6. The Balaban J connectivity index is 2.73. The molecular formula is C13H18Br. The summed E-state index contributed by atoms with van der Waals surface area (Å²) in [4.78, 5) is 0. The molecule has 77 valence electrons. The Bertz CT molecular complexity index is 271. The molecule has 0 atom stereocenters. The van der Waals surface area contributed by atoms with Crippen LogP contribution in [0.4, 0.5) is 0 Å². The molecule has 0 aromatic heterocycles. The molecule has 0 fully saturated rings. The molecule has 0 saturated carbocycles. The normalized spacial score (nSPS) is 10.9. The van der Waals surface area contributed by atoms with E-state index in [1.807, 2.05) is 0 Å². The van der Waals surface area contributed by atoms with Crippen LogP contribution in [0.2, 0.25) is 0 Å². The molecule has 0 aliphatic rings. The van der Waals surface area contributed by atoms with E-state index in [1.165, 1.54) is 40.8 Å². The largest absolute Gasteiger partial charge is 0.0654 e. The van der Waals surface area contributed by atoms with Gasteiger partial charge in [0.05, 0.1) is 0 Å². The predicted molar refractivity (Wildman–Crippen MR) is 66.4 cm³/mol. The van der Waals surface area contributed by atoms with Gasteiger partial charge in [-0.05, 0) is 36.6 Å². The van der Waals surface area contributed by atoms with E-state index in [9.17, 15) is 0 Å². The molecule has 0 aliphatic heterocycles. The Morgan fingerprint density at radius 2 is 2.00 bits per heavy atom. The maximum Gasteiger partial charge on any atom is 0.0180 e. The fraction of sp³-hybridized carbons (Fsp3) is 0.462. The van der Waals surface area contributed by atoms with Gasteiger partial charge in [-0.2, -0.15) is 0 Å². The molecule has 1 heteroatoms. The molecule has 1 aromatic rings. The van der Waals surface area contributed by atoms with Gasteiger partial charge in [0, 0.05) is 10.4 Å². The first-order valence-electron chi connectivity index (χ1n) is 5.23.